The maximum absolute atomic E-state index is 13.0. The molecule has 0 aliphatic heterocycles. The molecule has 0 unspecified atom stereocenters. The van der Waals surface area contributed by atoms with Gasteiger partial charge in [0.1, 0.15) is 11.5 Å². The first-order valence-electron chi connectivity index (χ1n) is 10.6. The Labute approximate surface area is 208 Å². The van der Waals surface area contributed by atoms with Crippen molar-refractivity contribution in [2.24, 2.45) is 0 Å². The molecule has 12 heteroatoms. The number of aromatic amines is 1. The van der Waals surface area contributed by atoms with Crippen LogP contribution >= 0.6 is 11.6 Å². The predicted molar refractivity (Wildman–Crippen MR) is 124 cm³/mol. The monoisotopic (exact) mass is 523 g/mol. The molecule has 2 aromatic carbocycles. The minimum Gasteiger partial charge on any atom is -0.464 e. The molecule has 0 atom stereocenters. The third-order valence-corrected chi connectivity index (χ3v) is 5.13. The molecule has 0 radical (unpaired) electrons. The second kappa shape index (κ2) is 11.7. The summed E-state index contributed by atoms with van der Waals surface area (Å²) in [6.45, 7) is 1.29. The van der Waals surface area contributed by atoms with E-state index in [4.69, 9.17) is 21.1 Å². The molecule has 0 fully saturated rings. The van der Waals surface area contributed by atoms with E-state index < -0.39 is 22.3 Å². The van der Waals surface area contributed by atoms with Crippen molar-refractivity contribution in [3.05, 3.63) is 80.7 Å². The van der Waals surface area contributed by atoms with Crippen molar-refractivity contribution in [2.75, 3.05) is 13.2 Å². The van der Waals surface area contributed by atoms with Gasteiger partial charge in [-0.25, -0.2) is 4.98 Å². The average molecular weight is 524 g/mol. The number of aromatic nitrogens is 2. The van der Waals surface area contributed by atoms with Crippen LogP contribution in [0.3, 0.4) is 0 Å². The van der Waals surface area contributed by atoms with E-state index in [1.54, 1.807) is 24.3 Å². The minimum absolute atomic E-state index is 0.00176. The van der Waals surface area contributed by atoms with Crippen LogP contribution in [0.2, 0.25) is 5.02 Å². The Balaban J connectivity index is 1.51. The number of benzene rings is 2. The lowest BCUT2D eigenvalue weighted by Gasteiger charge is -2.12. The number of nitrogens with one attached hydrogen (secondary N) is 2. The van der Waals surface area contributed by atoms with Gasteiger partial charge in [-0.15, -0.1) is 0 Å². The van der Waals surface area contributed by atoms with E-state index in [2.05, 4.69) is 15.3 Å². The summed E-state index contributed by atoms with van der Waals surface area (Å²) >= 11 is 5.62. The number of Topliss-reactive ketones (excluding diaryl/α,β-unsaturated/α-hetero) is 1. The number of hydrogen-bond donors (Lipinski definition) is 2. The van der Waals surface area contributed by atoms with Gasteiger partial charge in [-0.05, 0) is 35.9 Å². The van der Waals surface area contributed by atoms with Crippen LogP contribution in [-0.2, 0) is 28.6 Å². The number of H-pyrrole nitrogens is 1. The van der Waals surface area contributed by atoms with Crippen molar-refractivity contribution < 1.29 is 32.2 Å². The number of amides is 1. The van der Waals surface area contributed by atoms with Crippen molar-refractivity contribution >= 4 is 23.3 Å². The topological polar surface area (TPSA) is 110 Å². The van der Waals surface area contributed by atoms with E-state index in [1.165, 1.54) is 19.2 Å². The summed E-state index contributed by atoms with van der Waals surface area (Å²) in [5.41, 5.74) is -0.506. The molecule has 1 heterocycles. The number of nitrogens with zero attached hydrogens (tertiary/aromatic N) is 1. The molecule has 3 rings (SSSR count). The summed E-state index contributed by atoms with van der Waals surface area (Å²) in [6.07, 6.45) is -3.08. The van der Waals surface area contributed by atoms with Gasteiger partial charge in [-0.3, -0.25) is 19.4 Å². The van der Waals surface area contributed by atoms with Gasteiger partial charge in [0.2, 0.25) is 5.91 Å². The molecule has 190 valence electrons. The van der Waals surface area contributed by atoms with Crippen LogP contribution in [0.1, 0.15) is 23.6 Å². The highest BCUT2D eigenvalue weighted by Gasteiger charge is 2.33. The first-order chi connectivity index (χ1) is 17.0. The predicted octanol–water partition coefficient (Wildman–Crippen LogP) is 4.10. The number of alkyl halides is 3. The maximum Gasteiger partial charge on any atom is 0.417 e. The van der Waals surface area contributed by atoms with E-state index >= 15 is 0 Å². The average Bonchev–Trinajstić information content (AvgIpc) is 2.81. The van der Waals surface area contributed by atoms with Gasteiger partial charge in [-0.1, -0.05) is 23.7 Å². The number of carbonyl (C=O) groups excluding carboxylic acids is 2. The Morgan fingerprint density at radius 1 is 1.11 bits per heavy atom. The van der Waals surface area contributed by atoms with Crippen LogP contribution < -0.4 is 20.3 Å². The molecule has 0 spiro atoms. The minimum atomic E-state index is -4.59. The fourth-order valence-electron chi connectivity index (χ4n) is 3.01. The van der Waals surface area contributed by atoms with Crippen molar-refractivity contribution in [2.45, 2.75) is 25.9 Å². The molecule has 1 amide bonds. The molecule has 1 aromatic heterocycles. The molecule has 8 nitrogen and oxygen atoms in total. The molecule has 2 N–H and O–H groups in total. The van der Waals surface area contributed by atoms with E-state index in [1.807, 2.05) is 0 Å². The van der Waals surface area contributed by atoms with Crippen LogP contribution in [0.25, 0.3) is 0 Å². The Morgan fingerprint density at radius 3 is 2.44 bits per heavy atom. The quantitative estimate of drug-likeness (QED) is 0.414. The second-order valence-electron chi connectivity index (χ2n) is 7.65. The summed E-state index contributed by atoms with van der Waals surface area (Å²) in [5, 5.41) is 1.95. The first-order valence-corrected chi connectivity index (χ1v) is 11.0. The highest BCUT2D eigenvalue weighted by atomic mass is 35.5. The fourth-order valence-corrected chi connectivity index (χ4v) is 3.24. The molecule has 0 aliphatic rings. The number of ether oxygens (including phenoxy) is 2. The van der Waals surface area contributed by atoms with Crippen molar-refractivity contribution in [3.63, 3.8) is 0 Å². The summed E-state index contributed by atoms with van der Waals surface area (Å²) in [4.78, 5) is 41.2. The molecule has 0 saturated heterocycles. The van der Waals surface area contributed by atoms with E-state index in [-0.39, 0.29) is 48.6 Å². The fraction of sp³-hybridized carbons (Fsp3) is 0.250. The highest BCUT2D eigenvalue weighted by Crippen LogP contribution is 2.37. The first kappa shape index (κ1) is 26.7. The highest BCUT2D eigenvalue weighted by molar-refractivity contribution is 6.31. The maximum atomic E-state index is 13.0. The molecule has 3 aromatic rings. The summed E-state index contributed by atoms with van der Waals surface area (Å²) in [6, 6.07) is 9.94. The van der Waals surface area contributed by atoms with Gasteiger partial charge < -0.3 is 14.8 Å². The van der Waals surface area contributed by atoms with Crippen LogP contribution in [-0.4, -0.2) is 34.8 Å². The third kappa shape index (κ3) is 7.84. The van der Waals surface area contributed by atoms with Crippen molar-refractivity contribution in [1.29, 1.82) is 0 Å². The largest absolute Gasteiger partial charge is 0.464 e. The normalized spacial score (nSPS) is 11.1. The lowest BCUT2D eigenvalue weighted by atomic mass is 10.1. The molecular formula is C24H21ClF3N3O5. The third-order valence-electron chi connectivity index (χ3n) is 4.80. The standard InChI is InChI=1S/C24H21ClF3N3O5/c1-14(32)29-13-17(33)10-16-12-30-23(31-22(16)34)35-9-8-15-2-4-18(5-3-15)36-19-6-7-21(25)20(11-19)24(26,27)28/h2-7,11-12H,8-10,13H2,1H3,(H,29,32)(H,30,31,34). The molecule has 0 saturated carbocycles. The number of hydrogen-bond acceptors (Lipinski definition) is 6. The van der Waals surface area contributed by atoms with E-state index in [0.717, 1.165) is 17.7 Å². The Hall–Kier alpha value is -3.86. The lowest BCUT2D eigenvalue weighted by molar-refractivity contribution is -0.137. The molecular weight excluding hydrogens is 503 g/mol. The number of carbonyl (C=O) groups is 2. The number of ketones is 1. The summed E-state index contributed by atoms with van der Waals surface area (Å²) < 4.78 is 50.0. The molecule has 36 heavy (non-hydrogen) atoms. The van der Waals surface area contributed by atoms with Crippen LogP contribution in [0, 0.1) is 0 Å². The van der Waals surface area contributed by atoms with Crippen molar-refractivity contribution in [1.82, 2.24) is 15.3 Å². The second-order valence-corrected chi connectivity index (χ2v) is 8.06. The zero-order valence-electron chi connectivity index (χ0n) is 18.9. The van der Waals surface area contributed by atoms with Gasteiger partial charge in [0.15, 0.2) is 5.78 Å². The summed E-state index contributed by atoms with van der Waals surface area (Å²) in [5.74, 6) is -0.347. The summed E-state index contributed by atoms with van der Waals surface area (Å²) in [7, 11) is 0. The van der Waals surface area contributed by atoms with Crippen LogP contribution in [0.5, 0.6) is 17.5 Å². The SMILES string of the molecule is CC(=O)NCC(=O)Cc1cnc(OCCc2ccc(Oc3ccc(Cl)c(C(F)(F)F)c3)cc2)[nH]c1=O. The van der Waals surface area contributed by atoms with Crippen molar-refractivity contribution in [3.8, 4) is 17.5 Å². The molecule has 0 bridgehead atoms. The zero-order valence-corrected chi connectivity index (χ0v) is 19.7. The Morgan fingerprint density at radius 2 is 1.81 bits per heavy atom. The van der Waals surface area contributed by atoms with Gasteiger partial charge in [0, 0.05) is 31.5 Å². The molecule has 0 aliphatic carbocycles. The Bertz CT molecular complexity index is 1290. The van der Waals surface area contributed by atoms with Gasteiger partial charge in [0.05, 0.1) is 23.7 Å². The zero-order chi connectivity index (χ0) is 26.3. The van der Waals surface area contributed by atoms with Crippen LogP contribution in [0.4, 0.5) is 13.2 Å². The lowest BCUT2D eigenvalue weighted by Crippen LogP contribution is -2.29. The van der Waals surface area contributed by atoms with Crippen LogP contribution in [0.15, 0.2) is 53.5 Å². The Kier molecular flexibility index (Phi) is 8.70. The smallest absolute Gasteiger partial charge is 0.417 e. The van der Waals surface area contributed by atoms with E-state index in [0.29, 0.717) is 12.2 Å². The van der Waals surface area contributed by atoms with Gasteiger partial charge >= 0.3 is 6.18 Å². The number of halogens is 4. The van der Waals surface area contributed by atoms with E-state index in [9.17, 15) is 27.6 Å². The van der Waals surface area contributed by atoms with Gasteiger partial charge in [-0.2, -0.15) is 13.2 Å². The van der Waals surface area contributed by atoms with Gasteiger partial charge in [0.25, 0.3) is 11.6 Å². The number of rotatable bonds is 10.